The lowest BCUT2D eigenvalue weighted by atomic mass is 9.90. The molecule has 0 aromatic heterocycles. The SMILES string of the molecule is COc1ccc(C2OCCCC2C#N)cc1OC. The van der Waals surface area contributed by atoms with Crippen LogP contribution in [-0.2, 0) is 4.74 Å². The van der Waals surface area contributed by atoms with Gasteiger partial charge in [-0.25, -0.2) is 0 Å². The highest BCUT2D eigenvalue weighted by molar-refractivity contribution is 5.43. The molecule has 1 aromatic rings. The van der Waals surface area contributed by atoms with Gasteiger partial charge in [0, 0.05) is 6.61 Å². The number of hydrogen-bond donors (Lipinski definition) is 0. The van der Waals surface area contributed by atoms with Crippen molar-refractivity contribution in [3.8, 4) is 17.6 Å². The number of benzene rings is 1. The Kier molecular flexibility index (Phi) is 4.06. The van der Waals surface area contributed by atoms with Gasteiger partial charge < -0.3 is 14.2 Å². The summed E-state index contributed by atoms with van der Waals surface area (Å²) >= 11 is 0. The predicted octanol–water partition coefficient (Wildman–Crippen LogP) is 2.70. The van der Waals surface area contributed by atoms with Gasteiger partial charge in [-0.1, -0.05) is 6.07 Å². The van der Waals surface area contributed by atoms with Crippen molar-refractivity contribution in [2.75, 3.05) is 20.8 Å². The van der Waals surface area contributed by atoms with Crippen molar-refractivity contribution in [2.24, 2.45) is 5.92 Å². The molecule has 1 heterocycles. The highest BCUT2D eigenvalue weighted by Gasteiger charge is 2.28. The van der Waals surface area contributed by atoms with Crippen LogP contribution in [0.4, 0.5) is 0 Å². The minimum absolute atomic E-state index is 0.0862. The molecule has 2 unspecified atom stereocenters. The van der Waals surface area contributed by atoms with E-state index in [4.69, 9.17) is 19.5 Å². The number of methoxy groups -OCH3 is 2. The van der Waals surface area contributed by atoms with Gasteiger partial charge in [0.1, 0.15) is 0 Å². The van der Waals surface area contributed by atoms with E-state index in [1.54, 1.807) is 14.2 Å². The van der Waals surface area contributed by atoms with E-state index in [1.165, 1.54) is 0 Å². The zero-order valence-corrected chi connectivity index (χ0v) is 10.7. The average molecular weight is 247 g/mol. The van der Waals surface area contributed by atoms with Gasteiger partial charge in [0.05, 0.1) is 32.3 Å². The molecule has 4 nitrogen and oxygen atoms in total. The Hall–Kier alpha value is -1.73. The monoisotopic (exact) mass is 247 g/mol. The molecule has 4 heteroatoms. The summed E-state index contributed by atoms with van der Waals surface area (Å²) in [5.41, 5.74) is 0.971. The highest BCUT2D eigenvalue weighted by Crippen LogP contribution is 2.37. The van der Waals surface area contributed by atoms with Crippen LogP contribution in [-0.4, -0.2) is 20.8 Å². The van der Waals surface area contributed by atoms with Crippen LogP contribution in [0.2, 0.25) is 0 Å². The van der Waals surface area contributed by atoms with Gasteiger partial charge in [0.15, 0.2) is 11.5 Å². The molecule has 0 radical (unpaired) electrons. The standard InChI is InChI=1S/C14H17NO3/c1-16-12-6-5-10(8-13(12)17-2)14-11(9-15)4-3-7-18-14/h5-6,8,11,14H,3-4,7H2,1-2H3. The third-order valence-corrected chi connectivity index (χ3v) is 3.22. The first-order chi connectivity index (χ1) is 8.80. The van der Waals surface area contributed by atoms with Crippen LogP contribution in [0, 0.1) is 17.2 Å². The second-order valence-electron chi connectivity index (χ2n) is 4.28. The summed E-state index contributed by atoms with van der Waals surface area (Å²) in [7, 11) is 3.21. The molecule has 2 atom stereocenters. The van der Waals surface area contributed by atoms with Gasteiger partial charge in [-0.15, -0.1) is 0 Å². The van der Waals surface area contributed by atoms with Gasteiger partial charge in [-0.05, 0) is 30.5 Å². The fourth-order valence-corrected chi connectivity index (χ4v) is 2.27. The van der Waals surface area contributed by atoms with E-state index < -0.39 is 0 Å². The quantitative estimate of drug-likeness (QED) is 0.824. The molecule has 0 amide bonds. The lowest BCUT2D eigenvalue weighted by Gasteiger charge is -2.28. The van der Waals surface area contributed by atoms with Crippen molar-refractivity contribution in [3.05, 3.63) is 23.8 Å². The molecule has 2 rings (SSSR count). The molecule has 18 heavy (non-hydrogen) atoms. The van der Waals surface area contributed by atoms with Crippen LogP contribution < -0.4 is 9.47 Å². The van der Waals surface area contributed by atoms with Crippen LogP contribution >= 0.6 is 0 Å². The van der Waals surface area contributed by atoms with Gasteiger partial charge in [0.2, 0.25) is 0 Å². The van der Waals surface area contributed by atoms with Crippen LogP contribution in [0.1, 0.15) is 24.5 Å². The molecule has 1 fully saturated rings. The summed E-state index contributed by atoms with van der Waals surface area (Å²) in [6, 6.07) is 7.99. The Labute approximate surface area is 107 Å². The summed E-state index contributed by atoms with van der Waals surface area (Å²) in [5.74, 6) is 1.27. The van der Waals surface area contributed by atoms with Gasteiger partial charge in [0.25, 0.3) is 0 Å². The van der Waals surface area contributed by atoms with E-state index >= 15 is 0 Å². The lowest BCUT2D eigenvalue weighted by Crippen LogP contribution is -2.21. The molecule has 0 spiro atoms. The van der Waals surface area contributed by atoms with E-state index in [1.807, 2.05) is 18.2 Å². The number of ether oxygens (including phenoxy) is 3. The lowest BCUT2D eigenvalue weighted by molar-refractivity contribution is -0.0103. The number of nitriles is 1. The Morgan fingerprint density at radius 2 is 2.06 bits per heavy atom. The van der Waals surface area contributed by atoms with E-state index in [9.17, 15) is 0 Å². The Balaban J connectivity index is 2.29. The molecule has 1 saturated heterocycles. The molecule has 1 aromatic carbocycles. The average Bonchev–Trinajstić information content (AvgIpc) is 2.46. The second-order valence-corrected chi connectivity index (χ2v) is 4.28. The Morgan fingerprint density at radius 3 is 2.72 bits per heavy atom. The summed E-state index contributed by atoms with van der Waals surface area (Å²) in [4.78, 5) is 0. The van der Waals surface area contributed by atoms with Crippen molar-refractivity contribution in [1.29, 1.82) is 5.26 Å². The maximum absolute atomic E-state index is 9.16. The molecule has 0 bridgehead atoms. The van der Waals surface area contributed by atoms with Crippen LogP contribution in [0.25, 0.3) is 0 Å². The molecule has 0 N–H and O–H groups in total. The third-order valence-electron chi connectivity index (χ3n) is 3.22. The van der Waals surface area contributed by atoms with Gasteiger partial charge in [-0.2, -0.15) is 5.26 Å². The first-order valence-corrected chi connectivity index (χ1v) is 6.03. The summed E-state index contributed by atoms with van der Waals surface area (Å²) < 4.78 is 16.2. The molecule has 1 aliphatic heterocycles. The van der Waals surface area contributed by atoms with Crippen molar-refractivity contribution in [2.45, 2.75) is 18.9 Å². The first-order valence-electron chi connectivity index (χ1n) is 6.03. The maximum Gasteiger partial charge on any atom is 0.161 e. The first kappa shape index (κ1) is 12.7. The zero-order chi connectivity index (χ0) is 13.0. The molecule has 0 saturated carbocycles. The Morgan fingerprint density at radius 1 is 1.28 bits per heavy atom. The van der Waals surface area contributed by atoms with E-state index in [2.05, 4.69) is 6.07 Å². The van der Waals surface area contributed by atoms with Crippen LogP contribution in [0.15, 0.2) is 18.2 Å². The van der Waals surface area contributed by atoms with Crippen LogP contribution in [0.5, 0.6) is 11.5 Å². The van der Waals surface area contributed by atoms with Crippen molar-refractivity contribution < 1.29 is 14.2 Å². The fourth-order valence-electron chi connectivity index (χ4n) is 2.27. The van der Waals surface area contributed by atoms with Crippen molar-refractivity contribution >= 4 is 0 Å². The number of hydrogen-bond acceptors (Lipinski definition) is 4. The van der Waals surface area contributed by atoms with Crippen molar-refractivity contribution in [3.63, 3.8) is 0 Å². The Bertz CT molecular complexity index is 453. The molecule has 1 aliphatic rings. The maximum atomic E-state index is 9.16. The zero-order valence-electron chi connectivity index (χ0n) is 10.7. The number of nitrogens with zero attached hydrogens (tertiary/aromatic N) is 1. The third kappa shape index (κ3) is 2.41. The fraction of sp³-hybridized carbons (Fsp3) is 0.500. The van der Waals surface area contributed by atoms with E-state index in [0.717, 1.165) is 18.4 Å². The smallest absolute Gasteiger partial charge is 0.161 e. The second kappa shape index (κ2) is 5.74. The minimum atomic E-state index is -0.163. The van der Waals surface area contributed by atoms with Gasteiger partial charge >= 0.3 is 0 Å². The summed E-state index contributed by atoms with van der Waals surface area (Å²) in [5, 5.41) is 9.16. The minimum Gasteiger partial charge on any atom is -0.493 e. The van der Waals surface area contributed by atoms with Gasteiger partial charge in [-0.3, -0.25) is 0 Å². The normalized spacial score (nSPS) is 23.2. The van der Waals surface area contributed by atoms with E-state index in [-0.39, 0.29) is 12.0 Å². The molecule has 96 valence electrons. The summed E-state index contributed by atoms with van der Waals surface area (Å²) in [6.07, 6.45) is 1.67. The summed E-state index contributed by atoms with van der Waals surface area (Å²) in [6.45, 7) is 0.706. The van der Waals surface area contributed by atoms with E-state index in [0.29, 0.717) is 18.1 Å². The van der Waals surface area contributed by atoms with Crippen LogP contribution in [0.3, 0.4) is 0 Å². The highest BCUT2D eigenvalue weighted by atomic mass is 16.5. The van der Waals surface area contributed by atoms with Crippen molar-refractivity contribution in [1.82, 2.24) is 0 Å². The number of rotatable bonds is 3. The molecular formula is C14H17NO3. The molecule has 0 aliphatic carbocycles. The molecular weight excluding hydrogens is 230 g/mol. The topological polar surface area (TPSA) is 51.5 Å². The largest absolute Gasteiger partial charge is 0.493 e. The predicted molar refractivity (Wildman–Crippen MR) is 66.6 cm³/mol.